The van der Waals surface area contributed by atoms with Crippen LogP contribution in [-0.2, 0) is 6.54 Å². The quantitative estimate of drug-likeness (QED) is 0.745. The van der Waals surface area contributed by atoms with Crippen LogP contribution in [0.2, 0.25) is 0 Å². The molecule has 0 bridgehead atoms. The second-order valence-electron chi connectivity index (χ2n) is 2.96. The Kier molecular flexibility index (Phi) is 14.4. The molecule has 0 aromatic carbocycles. The van der Waals surface area contributed by atoms with Crippen LogP contribution >= 0.6 is 36.2 Å². The highest BCUT2D eigenvalue weighted by molar-refractivity contribution is 7.09. The maximum Gasteiger partial charge on any atom is 0.0299 e. The SMILES string of the molecule is CCNCCCNCc1cccs1.Cl.Cl. The first-order valence-corrected chi connectivity index (χ1v) is 5.75. The molecule has 0 fully saturated rings. The van der Waals surface area contributed by atoms with Gasteiger partial charge >= 0.3 is 0 Å². The van der Waals surface area contributed by atoms with Gasteiger partial charge in [0.15, 0.2) is 0 Å². The zero-order valence-corrected chi connectivity index (χ0v) is 11.4. The average Bonchev–Trinajstić information content (AvgIpc) is 2.63. The van der Waals surface area contributed by atoms with E-state index in [0.29, 0.717) is 0 Å². The summed E-state index contributed by atoms with van der Waals surface area (Å²) in [6.45, 7) is 6.45. The minimum Gasteiger partial charge on any atom is -0.317 e. The van der Waals surface area contributed by atoms with Gasteiger partial charge in [-0.3, -0.25) is 0 Å². The molecule has 0 saturated carbocycles. The van der Waals surface area contributed by atoms with Gasteiger partial charge in [-0.25, -0.2) is 0 Å². The Labute approximate surface area is 109 Å². The summed E-state index contributed by atoms with van der Waals surface area (Å²) in [7, 11) is 0. The highest BCUT2D eigenvalue weighted by Crippen LogP contribution is 2.06. The monoisotopic (exact) mass is 270 g/mol. The van der Waals surface area contributed by atoms with E-state index >= 15 is 0 Å². The molecule has 0 amide bonds. The lowest BCUT2D eigenvalue weighted by Crippen LogP contribution is -2.21. The maximum atomic E-state index is 3.42. The average molecular weight is 271 g/mol. The third-order valence-electron chi connectivity index (χ3n) is 1.84. The molecule has 0 aliphatic rings. The van der Waals surface area contributed by atoms with Gasteiger partial charge in [0, 0.05) is 11.4 Å². The van der Waals surface area contributed by atoms with E-state index in [4.69, 9.17) is 0 Å². The summed E-state index contributed by atoms with van der Waals surface area (Å²) in [5, 5.41) is 8.84. The van der Waals surface area contributed by atoms with E-state index in [2.05, 4.69) is 35.1 Å². The maximum absolute atomic E-state index is 3.42. The largest absolute Gasteiger partial charge is 0.317 e. The van der Waals surface area contributed by atoms with Crippen LogP contribution < -0.4 is 10.6 Å². The number of halogens is 2. The number of hydrogen-bond acceptors (Lipinski definition) is 3. The second kappa shape index (κ2) is 12.3. The molecule has 1 rings (SSSR count). The number of thiophene rings is 1. The lowest BCUT2D eigenvalue weighted by Gasteiger charge is -2.03. The molecule has 15 heavy (non-hydrogen) atoms. The molecule has 5 heteroatoms. The molecule has 90 valence electrons. The summed E-state index contributed by atoms with van der Waals surface area (Å²) in [4.78, 5) is 1.42. The molecule has 0 aliphatic heterocycles. The van der Waals surface area contributed by atoms with Crippen molar-refractivity contribution in [3.8, 4) is 0 Å². The van der Waals surface area contributed by atoms with Gasteiger partial charge in [-0.05, 0) is 37.5 Å². The smallest absolute Gasteiger partial charge is 0.0299 e. The Balaban J connectivity index is 0. The first-order valence-electron chi connectivity index (χ1n) is 4.87. The van der Waals surface area contributed by atoms with Gasteiger partial charge in [-0.2, -0.15) is 0 Å². The van der Waals surface area contributed by atoms with Crippen molar-refractivity contribution in [3.05, 3.63) is 22.4 Å². The van der Waals surface area contributed by atoms with E-state index in [9.17, 15) is 0 Å². The Morgan fingerprint density at radius 2 is 1.93 bits per heavy atom. The Morgan fingerprint density at radius 3 is 2.53 bits per heavy atom. The Hall–Kier alpha value is 0.200. The van der Waals surface area contributed by atoms with Crippen molar-refractivity contribution in [1.29, 1.82) is 0 Å². The Bertz CT molecular complexity index is 205. The van der Waals surface area contributed by atoms with Crippen LogP contribution in [-0.4, -0.2) is 19.6 Å². The van der Waals surface area contributed by atoms with E-state index in [1.54, 1.807) is 0 Å². The van der Waals surface area contributed by atoms with Crippen LogP contribution in [0.5, 0.6) is 0 Å². The molecule has 1 heterocycles. The highest BCUT2D eigenvalue weighted by Gasteiger charge is 1.91. The van der Waals surface area contributed by atoms with E-state index in [1.807, 2.05) is 11.3 Å². The predicted molar refractivity (Wildman–Crippen MR) is 73.7 cm³/mol. The van der Waals surface area contributed by atoms with E-state index in [0.717, 1.165) is 26.2 Å². The molecule has 0 aliphatic carbocycles. The molecule has 1 aromatic rings. The standard InChI is InChI=1S/C10H18N2S.2ClH/c1-2-11-6-4-7-12-9-10-5-3-8-13-10;;/h3,5,8,11-12H,2,4,6-7,9H2,1H3;2*1H. The van der Waals surface area contributed by atoms with Crippen LogP contribution in [0.3, 0.4) is 0 Å². The van der Waals surface area contributed by atoms with Crippen molar-refractivity contribution in [2.24, 2.45) is 0 Å². The van der Waals surface area contributed by atoms with Crippen molar-refractivity contribution in [1.82, 2.24) is 10.6 Å². The van der Waals surface area contributed by atoms with Crippen LogP contribution in [0.25, 0.3) is 0 Å². The summed E-state index contributed by atoms with van der Waals surface area (Å²) in [6.07, 6.45) is 1.21. The van der Waals surface area contributed by atoms with Crippen LogP contribution in [0.1, 0.15) is 18.2 Å². The molecule has 0 saturated heterocycles. The van der Waals surface area contributed by atoms with Crippen molar-refractivity contribution in [2.45, 2.75) is 19.9 Å². The molecule has 2 N–H and O–H groups in total. The fraction of sp³-hybridized carbons (Fsp3) is 0.600. The molecular formula is C10H20Cl2N2S. The zero-order valence-electron chi connectivity index (χ0n) is 8.99. The van der Waals surface area contributed by atoms with Crippen LogP contribution in [0.4, 0.5) is 0 Å². The lowest BCUT2D eigenvalue weighted by atomic mass is 10.4. The molecule has 2 nitrogen and oxygen atoms in total. The molecule has 0 unspecified atom stereocenters. The normalized spacial score (nSPS) is 9.13. The highest BCUT2D eigenvalue weighted by atomic mass is 35.5. The zero-order chi connectivity index (χ0) is 9.36. The number of nitrogens with one attached hydrogen (secondary N) is 2. The summed E-state index contributed by atoms with van der Waals surface area (Å²) in [5.41, 5.74) is 0. The van der Waals surface area contributed by atoms with E-state index < -0.39 is 0 Å². The van der Waals surface area contributed by atoms with E-state index in [1.165, 1.54) is 11.3 Å². The van der Waals surface area contributed by atoms with Crippen LogP contribution in [0, 0.1) is 0 Å². The van der Waals surface area contributed by atoms with Gasteiger partial charge in [0.25, 0.3) is 0 Å². The van der Waals surface area contributed by atoms with Gasteiger partial charge in [0.05, 0.1) is 0 Å². The van der Waals surface area contributed by atoms with Gasteiger partial charge in [0.2, 0.25) is 0 Å². The number of hydrogen-bond donors (Lipinski definition) is 2. The third kappa shape index (κ3) is 9.15. The first kappa shape index (κ1) is 17.6. The van der Waals surface area contributed by atoms with Crippen molar-refractivity contribution in [2.75, 3.05) is 19.6 Å². The molecule has 0 radical (unpaired) electrons. The van der Waals surface area contributed by atoms with Gasteiger partial charge in [-0.15, -0.1) is 36.2 Å². The first-order chi connectivity index (χ1) is 6.43. The van der Waals surface area contributed by atoms with Gasteiger partial charge in [0.1, 0.15) is 0 Å². The third-order valence-corrected chi connectivity index (χ3v) is 2.71. The summed E-state index contributed by atoms with van der Waals surface area (Å²) in [6, 6.07) is 4.27. The minimum absolute atomic E-state index is 0. The molecular weight excluding hydrogens is 251 g/mol. The molecule has 0 spiro atoms. The fourth-order valence-electron chi connectivity index (χ4n) is 1.14. The summed E-state index contributed by atoms with van der Waals surface area (Å²) in [5.74, 6) is 0. The second-order valence-corrected chi connectivity index (χ2v) is 4.00. The van der Waals surface area contributed by atoms with Crippen molar-refractivity contribution >= 4 is 36.2 Å². The Morgan fingerprint density at radius 1 is 1.20 bits per heavy atom. The number of rotatable bonds is 7. The van der Waals surface area contributed by atoms with Gasteiger partial charge in [-0.1, -0.05) is 13.0 Å². The topological polar surface area (TPSA) is 24.1 Å². The van der Waals surface area contributed by atoms with E-state index in [-0.39, 0.29) is 24.8 Å². The summed E-state index contributed by atoms with van der Waals surface area (Å²) >= 11 is 1.81. The van der Waals surface area contributed by atoms with Crippen molar-refractivity contribution in [3.63, 3.8) is 0 Å². The summed E-state index contributed by atoms with van der Waals surface area (Å²) < 4.78 is 0. The lowest BCUT2D eigenvalue weighted by molar-refractivity contribution is 0.609. The molecule has 1 aromatic heterocycles. The van der Waals surface area contributed by atoms with Crippen LogP contribution in [0.15, 0.2) is 17.5 Å². The van der Waals surface area contributed by atoms with Crippen molar-refractivity contribution < 1.29 is 0 Å². The molecule has 0 atom stereocenters. The fourth-order valence-corrected chi connectivity index (χ4v) is 1.81. The minimum atomic E-state index is 0. The predicted octanol–water partition coefficient (Wildman–Crippen LogP) is 2.68. The van der Waals surface area contributed by atoms with Gasteiger partial charge < -0.3 is 10.6 Å².